The van der Waals surface area contributed by atoms with Gasteiger partial charge in [0.15, 0.2) is 0 Å². The van der Waals surface area contributed by atoms with E-state index in [0.29, 0.717) is 19.6 Å². The monoisotopic (exact) mass is 531 g/mol. The number of hydrogen-bond acceptors (Lipinski definition) is 3. The number of para-hydroxylation sites is 4. The largest absolute Gasteiger partial charge is 0.493 e. The zero-order valence-corrected chi connectivity index (χ0v) is 21.8. The van der Waals surface area contributed by atoms with E-state index in [4.69, 9.17) is 9.72 Å². The van der Waals surface area contributed by atoms with Crippen LogP contribution in [0.1, 0.15) is 42.1 Å². The van der Waals surface area contributed by atoms with Gasteiger partial charge in [0.25, 0.3) is 0 Å². The molecule has 0 aliphatic carbocycles. The predicted molar refractivity (Wildman–Crippen MR) is 144 cm³/mol. The smallest absolute Gasteiger partial charge is 0.227 e. The first-order valence-corrected chi connectivity index (χ1v) is 13.0. The van der Waals surface area contributed by atoms with Crippen LogP contribution in [0.4, 0.5) is 5.69 Å². The van der Waals surface area contributed by atoms with Crippen LogP contribution in [-0.4, -0.2) is 28.6 Å². The zero-order chi connectivity index (χ0) is 24.4. The van der Waals surface area contributed by atoms with Crippen molar-refractivity contribution in [3.8, 4) is 5.75 Å². The minimum atomic E-state index is 0.0628. The molecule has 0 saturated carbocycles. The molecule has 35 heavy (non-hydrogen) atoms. The lowest BCUT2D eigenvalue weighted by molar-refractivity contribution is -0.117. The third kappa shape index (κ3) is 4.85. The Balaban J connectivity index is 1.31. The highest BCUT2D eigenvalue weighted by Crippen LogP contribution is 2.36. The molecule has 1 saturated heterocycles. The third-order valence-corrected chi connectivity index (χ3v) is 7.42. The second-order valence-corrected chi connectivity index (χ2v) is 10.1. The minimum absolute atomic E-state index is 0.0628. The first-order chi connectivity index (χ1) is 17.0. The SMILES string of the molecule is Cc1cccc(C)c1OCCCCn1c(C2CC(=O)N(c3ccccc3Br)C2)nc2ccccc21. The van der Waals surface area contributed by atoms with Gasteiger partial charge in [0.05, 0.1) is 23.3 Å². The van der Waals surface area contributed by atoms with Crippen LogP contribution < -0.4 is 9.64 Å². The molecule has 6 heteroatoms. The molecule has 180 valence electrons. The molecule has 1 aliphatic rings. The van der Waals surface area contributed by atoms with Gasteiger partial charge in [-0.25, -0.2) is 4.98 Å². The standard InChI is InChI=1S/C29H30BrN3O2/c1-20-10-9-11-21(2)28(20)35-17-8-7-16-32-26-15-6-4-13-24(26)31-29(32)22-18-27(34)33(19-22)25-14-5-3-12-23(25)30/h3-6,9-15,22H,7-8,16-19H2,1-2H3. The van der Waals surface area contributed by atoms with E-state index in [1.807, 2.05) is 35.2 Å². The number of hydrogen-bond donors (Lipinski definition) is 0. The van der Waals surface area contributed by atoms with E-state index in [1.165, 1.54) is 11.1 Å². The molecule has 3 aromatic carbocycles. The fourth-order valence-corrected chi connectivity index (χ4v) is 5.50. The molecule has 1 atom stereocenters. The van der Waals surface area contributed by atoms with Crippen LogP contribution in [0, 0.1) is 13.8 Å². The van der Waals surface area contributed by atoms with Crippen LogP contribution in [0.2, 0.25) is 0 Å². The lowest BCUT2D eigenvalue weighted by Gasteiger charge is -2.19. The number of amides is 1. The lowest BCUT2D eigenvalue weighted by atomic mass is 10.1. The molecular formula is C29H30BrN3O2. The maximum atomic E-state index is 13.0. The molecular weight excluding hydrogens is 502 g/mol. The molecule has 5 nitrogen and oxygen atoms in total. The number of benzene rings is 3. The van der Waals surface area contributed by atoms with Crippen LogP contribution in [-0.2, 0) is 11.3 Å². The Hall–Kier alpha value is -3.12. The van der Waals surface area contributed by atoms with E-state index in [1.54, 1.807) is 0 Å². The summed E-state index contributed by atoms with van der Waals surface area (Å²) in [5.74, 6) is 2.21. The summed E-state index contributed by atoms with van der Waals surface area (Å²) in [4.78, 5) is 19.9. The van der Waals surface area contributed by atoms with Gasteiger partial charge < -0.3 is 14.2 Å². The number of anilines is 1. The molecule has 1 aromatic heterocycles. The van der Waals surface area contributed by atoms with Crippen molar-refractivity contribution in [1.82, 2.24) is 9.55 Å². The number of halogens is 1. The summed E-state index contributed by atoms with van der Waals surface area (Å²) in [5.41, 5.74) is 5.39. The molecule has 1 fully saturated rings. The molecule has 0 radical (unpaired) electrons. The van der Waals surface area contributed by atoms with Crippen molar-refractivity contribution in [3.63, 3.8) is 0 Å². The van der Waals surface area contributed by atoms with Crippen LogP contribution in [0.5, 0.6) is 5.75 Å². The van der Waals surface area contributed by atoms with Crippen molar-refractivity contribution in [1.29, 1.82) is 0 Å². The lowest BCUT2D eigenvalue weighted by Crippen LogP contribution is -2.25. The molecule has 0 spiro atoms. The summed E-state index contributed by atoms with van der Waals surface area (Å²) >= 11 is 3.60. The third-order valence-electron chi connectivity index (χ3n) is 6.75. The topological polar surface area (TPSA) is 47.4 Å². The molecule has 0 bridgehead atoms. The molecule has 4 aromatic rings. The van der Waals surface area contributed by atoms with Crippen molar-refractivity contribution in [2.24, 2.45) is 0 Å². The Labute approximate surface area is 214 Å². The molecule has 1 aliphatic heterocycles. The number of rotatable bonds is 8. The number of ether oxygens (including phenoxy) is 1. The van der Waals surface area contributed by atoms with Crippen molar-refractivity contribution >= 4 is 38.6 Å². The van der Waals surface area contributed by atoms with E-state index in [2.05, 4.69) is 70.7 Å². The number of carbonyl (C=O) groups is 1. The molecule has 0 N–H and O–H groups in total. The van der Waals surface area contributed by atoms with Gasteiger partial charge in [-0.15, -0.1) is 0 Å². The van der Waals surface area contributed by atoms with Crippen LogP contribution in [0.15, 0.2) is 71.2 Å². The van der Waals surface area contributed by atoms with Gasteiger partial charge in [-0.1, -0.05) is 42.5 Å². The van der Waals surface area contributed by atoms with Crippen LogP contribution in [0.3, 0.4) is 0 Å². The number of carbonyl (C=O) groups excluding carboxylic acids is 1. The van der Waals surface area contributed by atoms with E-state index >= 15 is 0 Å². The summed E-state index contributed by atoms with van der Waals surface area (Å²) in [6, 6.07) is 22.4. The quantitative estimate of drug-likeness (QED) is 0.235. The number of fused-ring (bicyclic) bond motifs is 1. The second kappa shape index (κ2) is 10.2. The van der Waals surface area contributed by atoms with E-state index < -0.39 is 0 Å². The van der Waals surface area contributed by atoms with Crippen LogP contribution >= 0.6 is 15.9 Å². The van der Waals surface area contributed by atoms with Crippen molar-refractivity contribution in [2.45, 2.75) is 45.6 Å². The van der Waals surface area contributed by atoms with Gasteiger partial charge in [0.2, 0.25) is 5.91 Å². The maximum Gasteiger partial charge on any atom is 0.227 e. The first kappa shape index (κ1) is 23.6. The number of aryl methyl sites for hydroxylation is 3. The Morgan fingerprint density at radius 3 is 2.51 bits per heavy atom. The average Bonchev–Trinajstić information content (AvgIpc) is 3.41. The normalized spacial score (nSPS) is 15.8. The minimum Gasteiger partial charge on any atom is -0.493 e. The van der Waals surface area contributed by atoms with Crippen molar-refractivity contribution in [2.75, 3.05) is 18.1 Å². The molecule has 1 amide bonds. The molecule has 1 unspecified atom stereocenters. The highest BCUT2D eigenvalue weighted by molar-refractivity contribution is 9.10. The zero-order valence-electron chi connectivity index (χ0n) is 20.2. The van der Waals surface area contributed by atoms with E-state index in [-0.39, 0.29) is 11.8 Å². The summed E-state index contributed by atoms with van der Waals surface area (Å²) in [6.45, 7) is 6.36. The summed E-state index contributed by atoms with van der Waals surface area (Å²) in [7, 11) is 0. The van der Waals surface area contributed by atoms with Gasteiger partial charge >= 0.3 is 0 Å². The van der Waals surface area contributed by atoms with Crippen LogP contribution in [0.25, 0.3) is 11.0 Å². The van der Waals surface area contributed by atoms with Crippen molar-refractivity contribution < 1.29 is 9.53 Å². The summed E-state index contributed by atoms with van der Waals surface area (Å²) in [6.07, 6.45) is 2.40. The van der Waals surface area contributed by atoms with Gasteiger partial charge in [-0.2, -0.15) is 0 Å². The Bertz CT molecular complexity index is 1340. The molecule has 5 rings (SSSR count). The summed E-state index contributed by atoms with van der Waals surface area (Å²) in [5, 5.41) is 0. The van der Waals surface area contributed by atoms with Crippen molar-refractivity contribution in [3.05, 3.63) is 88.2 Å². The first-order valence-electron chi connectivity index (χ1n) is 12.2. The van der Waals surface area contributed by atoms with Gasteiger partial charge in [0, 0.05) is 29.9 Å². The number of aromatic nitrogens is 2. The molecule has 2 heterocycles. The number of imidazole rings is 1. The average molecular weight is 532 g/mol. The second-order valence-electron chi connectivity index (χ2n) is 9.24. The Morgan fingerprint density at radius 2 is 1.71 bits per heavy atom. The Morgan fingerprint density at radius 1 is 0.971 bits per heavy atom. The maximum absolute atomic E-state index is 13.0. The number of nitrogens with zero attached hydrogens (tertiary/aromatic N) is 3. The van der Waals surface area contributed by atoms with E-state index in [0.717, 1.165) is 52.2 Å². The van der Waals surface area contributed by atoms with Gasteiger partial charge in [-0.3, -0.25) is 4.79 Å². The number of unbranched alkanes of at least 4 members (excludes halogenated alkanes) is 1. The summed E-state index contributed by atoms with van der Waals surface area (Å²) < 4.78 is 9.36. The fourth-order valence-electron chi connectivity index (χ4n) is 5.00. The highest BCUT2D eigenvalue weighted by atomic mass is 79.9. The fraction of sp³-hybridized carbons (Fsp3) is 0.310. The van der Waals surface area contributed by atoms with E-state index in [9.17, 15) is 4.79 Å². The van der Waals surface area contributed by atoms with Gasteiger partial charge in [0.1, 0.15) is 11.6 Å². The van der Waals surface area contributed by atoms with Gasteiger partial charge in [-0.05, 0) is 78.0 Å². The predicted octanol–water partition coefficient (Wildman–Crippen LogP) is 6.80. The highest BCUT2D eigenvalue weighted by Gasteiger charge is 2.35. The Kier molecular flexibility index (Phi) is 6.91.